The van der Waals surface area contributed by atoms with Crippen LogP contribution in [-0.4, -0.2) is 63.8 Å². The van der Waals surface area contributed by atoms with E-state index < -0.39 is 48.4 Å². The molecular formula is C27H29F4N5O5. The molecule has 0 aliphatic carbocycles. The van der Waals surface area contributed by atoms with E-state index in [1.807, 2.05) is 0 Å². The second kappa shape index (κ2) is 13.2. The van der Waals surface area contributed by atoms with Crippen LogP contribution in [0, 0.1) is 5.82 Å². The van der Waals surface area contributed by atoms with Gasteiger partial charge in [-0.25, -0.2) is 9.18 Å². The molecule has 0 spiro atoms. The van der Waals surface area contributed by atoms with E-state index in [0.29, 0.717) is 16.6 Å². The van der Waals surface area contributed by atoms with Gasteiger partial charge >= 0.3 is 12.3 Å². The fourth-order valence-corrected chi connectivity index (χ4v) is 4.07. The van der Waals surface area contributed by atoms with Gasteiger partial charge in [0.2, 0.25) is 11.8 Å². The molecule has 10 nitrogen and oxygen atoms in total. The first-order valence-corrected chi connectivity index (χ1v) is 12.5. The Balaban J connectivity index is 1.77. The summed E-state index contributed by atoms with van der Waals surface area (Å²) in [5.74, 6) is -1.75. The SMILES string of the molecule is CN(C)C(=O)/C=C/CC[C@H](NC(=O)O)C(=O)Nc1cccn(Cc2cc3cc(F)cc(CCC(F)(F)F)c3[nH]2)c1=O. The van der Waals surface area contributed by atoms with Crippen molar-refractivity contribution < 1.29 is 37.1 Å². The highest BCUT2D eigenvalue weighted by molar-refractivity contribution is 5.96. The van der Waals surface area contributed by atoms with Gasteiger partial charge in [0.15, 0.2) is 0 Å². The summed E-state index contributed by atoms with van der Waals surface area (Å²) < 4.78 is 53.5. The van der Waals surface area contributed by atoms with Crippen LogP contribution in [0.5, 0.6) is 0 Å². The fourth-order valence-electron chi connectivity index (χ4n) is 4.07. The van der Waals surface area contributed by atoms with E-state index >= 15 is 0 Å². The van der Waals surface area contributed by atoms with Crippen molar-refractivity contribution in [1.82, 2.24) is 19.8 Å². The maximum atomic E-state index is 14.0. The number of rotatable bonds is 11. The van der Waals surface area contributed by atoms with Crippen molar-refractivity contribution >= 4 is 34.5 Å². The number of aromatic nitrogens is 2. The van der Waals surface area contributed by atoms with Crippen LogP contribution in [0.1, 0.15) is 30.5 Å². The van der Waals surface area contributed by atoms with Crippen molar-refractivity contribution in [2.24, 2.45) is 0 Å². The van der Waals surface area contributed by atoms with Crippen LogP contribution in [0.2, 0.25) is 0 Å². The summed E-state index contributed by atoms with van der Waals surface area (Å²) in [6.45, 7) is -0.0704. The summed E-state index contributed by atoms with van der Waals surface area (Å²) in [6.07, 6.45) is -2.97. The molecule has 0 aliphatic heterocycles. The standard InChI is InChI=1S/C27H29F4N5O5/c1-35(2)22(37)8-4-3-6-20(34-26(40)41)24(38)33-21-7-5-11-36(25(21)39)15-19-14-17-13-18(28)12-16(23(17)32-19)9-10-27(29,30)31/h4-5,7-8,11-14,20,32,34H,3,6,9-10,15H2,1-2H3,(H,33,38)(H,40,41)/b8-4+/t20-/m0/s1. The molecule has 41 heavy (non-hydrogen) atoms. The summed E-state index contributed by atoms with van der Waals surface area (Å²) >= 11 is 0. The molecule has 3 rings (SSSR count). The minimum absolute atomic E-state index is 0.0126. The average molecular weight is 580 g/mol. The van der Waals surface area contributed by atoms with Crippen LogP contribution in [0.15, 0.2) is 53.5 Å². The highest BCUT2D eigenvalue weighted by atomic mass is 19.4. The molecule has 14 heteroatoms. The normalized spacial score (nSPS) is 12.4. The smallest absolute Gasteiger partial charge is 0.405 e. The summed E-state index contributed by atoms with van der Waals surface area (Å²) in [6, 6.07) is 5.32. The molecular weight excluding hydrogens is 550 g/mol. The molecule has 2 heterocycles. The predicted octanol–water partition coefficient (Wildman–Crippen LogP) is 4.01. The number of fused-ring (bicyclic) bond motifs is 1. The monoisotopic (exact) mass is 579 g/mol. The van der Waals surface area contributed by atoms with Crippen LogP contribution in [0.25, 0.3) is 10.9 Å². The molecule has 0 bridgehead atoms. The maximum absolute atomic E-state index is 14.0. The Morgan fingerprint density at radius 2 is 1.93 bits per heavy atom. The van der Waals surface area contributed by atoms with Gasteiger partial charge in [0.1, 0.15) is 17.5 Å². The van der Waals surface area contributed by atoms with E-state index in [2.05, 4.69) is 15.6 Å². The number of nitrogens with zero attached hydrogens (tertiary/aromatic N) is 2. The first-order chi connectivity index (χ1) is 19.2. The number of hydrogen-bond donors (Lipinski definition) is 4. The predicted molar refractivity (Wildman–Crippen MR) is 143 cm³/mol. The first-order valence-electron chi connectivity index (χ1n) is 12.5. The summed E-state index contributed by atoms with van der Waals surface area (Å²) in [5.41, 5.74) is 0.116. The van der Waals surface area contributed by atoms with Gasteiger partial charge in [-0.3, -0.25) is 14.4 Å². The third-order valence-electron chi connectivity index (χ3n) is 6.06. The molecule has 1 aromatic carbocycles. The number of nitrogens with one attached hydrogen (secondary N) is 3. The Labute approximate surface area is 231 Å². The van der Waals surface area contributed by atoms with Crippen molar-refractivity contribution in [3.8, 4) is 0 Å². The Bertz CT molecular complexity index is 1510. The summed E-state index contributed by atoms with van der Waals surface area (Å²) in [4.78, 5) is 53.0. The third-order valence-corrected chi connectivity index (χ3v) is 6.06. The van der Waals surface area contributed by atoms with Gasteiger partial charge in [0.05, 0.1) is 6.54 Å². The third kappa shape index (κ3) is 8.95. The second-order valence-corrected chi connectivity index (χ2v) is 9.50. The minimum Gasteiger partial charge on any atom is -0.465 e. The molecule has 0 unspecified atom stereocenters. The Kier molecular flexibility index (Phi) is 9.92. The Morgan fingerprint density at radius 3 is 2.59 bits per heavy atom. The lowest BCUT2D eigenvalue weighted by molar-refractivity contribution is -0.134. The Hall–Kier alpha value is -4.62. The number of H-pyrrole nitrogens is 1. The molecule has 4 N–H and O–H groups in total. The van der Waals surface area contributed by atoms with Crippen molar-refractivity contribution in [2.45, 2.75) is 44.4 Å². The number of allylic oxidation sites excluding steroid dienone is 1. The van der Waals surface area contributed by atoms with Crippen LogP contribution in [0.4, 0.5) is 28.0 Å². The molecule has 0 saturated carbocycles. The number of carboxylic acid groups (broad SMARTS) is 1. The van der Waals surface area contributed by atoms with E-state index in [0.717, 1.165) is 6.07 Å². The van der Waals surface area contributed by atoms with Crippen LogP contribution in [-0.2, 0) is 22.6 Å². The number of hydrogen-bond acceptors (Lipinski definition) is 4. The minimum atomic E-state index is -4.41. The first kappa shape index (κ1) is 30.9. The van der Waals surface area contributed by atoms with Crippen molar-refractivity contribution in [3.63, 3.8) is 0 Å². The van der Waals surface area contributed by atoms with Gasteiger partial charge in [-0.05, 0) is 61.2 Å². The second-order valence-electron chi connectivity index (χ2n) is 9.50. The van der Waals surface area contributed by atoms with Gasteiger partial charge in [0, 0.05) is 43.3 Å². The van der Waals surface area contributed by atoms with Crippen molar-refractivity contribution in [2.75, 3.05) is 19.4 Å². The van der Waals surface area contributed by atoms with E-state index in [1.54, 1.807) is 14.1 Å². The molecule has 0 fully saturated rings. The van der Waals surface area contributed by atoms with Gasteiger partial charge in [-0.2, -0.15) is 13.2 Å². The lowest BCUT2D eigenvalue weighted by Crippen LogP contribution is -2.44. The molecule has 3 aromatic rings. The summed E-state index contributed by atoms with van der Waals surface area (Å²) in [5, 5.41) is 14.0. The number of aryl methyl sites for hydroxylation is 1. The number of halogens is 4. The number of benzene rings is 1. The topological polar surface area (TPSA) is 137 Å². The van der Waals surface area contributed by atoms with Crippen LogP contribution in [0.3, 0.4) is 0 Å². The zero-order chi connectivity index (χ0) is 30.3. The molecule has 2 aromatic heterocycles. The van der Waals surface area contributed by atoms with E-state index in [1.165, 1.54) is 52.1 Å². The molecule has 1 atom stereocenters. The zero-order valence-corrected chi connectivity index (χ0v) is 22.2. The average Bonchev–Trinajstić information content (AvgIpc) is 3.28. The van der Waals surface area contributed by atoms with Crippen molar-refractivity contribution in [3.05, 3.63) is 76.1 Å². The molecule has 0 saturated heterocycles. The molecule has 3 amide bonds. The van der Waals surface area contributed by atoms with Gasteiger partial charge < -0.3 is 30.2 Å². The lowest BCUT2D eigenvalue weighted by Gasteiger charge is -2.16. The van der Waals surface area contributed by atoms with E-state index in [9.17, 15) is 36.7 Å². The number of likely N-dealkylation sites (N-methyl/N-ethyl adjacent to an activating group) is 1. The van der Waals surface area contributed by atoms with Crippen LogP contribution < -0.4 is 16.2 Å². The number of pyridine rings is 1. The number of amides is 3. The fraction of sp³-hybridized carbons (Fsp3) is 0.333. The summed E-state index contributed by atoms with van der Waals surface area (Å²) in [7, 11) is 3.13. The highest BCUT2D eigenvalue weighted by Gasteiger charge is 2.27. The zero-order valence-electron chi connectivity index (χ0n) is 22.2. The number of carbonyl (C=O) groups is 3. The number of carbonyl (C=O) groups excluding carboxylic acids is 2. The van der Waals surface area contributed by atoms with Gasteiger partial charge in [0.25, 0.3) is 5.56 Å². The van der Waals surface area contributed by atoms with Gasteiger partial charge in [-0.15, -0.1) is 0 Å². The van der Waals surface area contributed by atoms with E-state index in [4.69, 9.17) is 5.11 Å². The number of aromatic amines is 1. The maximum Gasteiger partial charge on any atom is 0.405 e. The molecule has 0 aliphatic rings. The van der Waals surface area contributed by atoms with Crippen molar-refractivity contribution in [1.29, 1.82) is 0 Å². The molecule has 0 radical (unpaired) electrons. The largest absolute Gasteiger partial charge is 0.465 e. The molecule has 220 valence electrons. The quantitative estimate of drug-likeness (QED) is 0.201. The van der Waals surface area contributed by atoms with Crippen LogP contribution >= 0.6 is 0 Å². The van der Waals surface area contributed by atoms with Gasteiger partial charge in [-0.1, -0.05) is 6.08 Å². The Morgan fingerprint density at radius 1 is 1.20 bits per heavy atom. The number of alkyl halides is 3. The number of anilines is 1. The highest BCUT2D eigenvalue weighted by Crippen LogP contribution is 2.27. The van der Waals surface area contributed by atoms with E-state index in [-0.39, 0.29) is 36.5 Å². The lowest BCUT2D eigenvalue weighted by atomic mass is 10.1.